The molecule has 1 atom stereocenters. The molecule has 3 heteroatoms. The summed E-state index contributed by atoms with van der Waals surface area (Å²) in [6.45, 7) is 0. The molecule has 2 rings (SSSR count). The molecule has 1 aromatic carbocycles. The second-order valence-electron chi connectivity index (χ2n) is 4.85. The van der Waals surface area contributed by atoms with Crippen LogP contribution in [-0.4, -0.2) is 5.38 Å². The van der Waals surface area contributed by atoms with Crippen LogP contribution in [0.4, 0.5) is 4.39 Å². The fraction of sp³-hybridized carbons (Fsp3) is 0.571. The van der Waals surface area contributed by atoms with Gasteiger partial charge in [0.2, 0.25) is 0 Å². The molecule has 0 nitrogen and oxygen atoms in total. The molecule has 0 bridgehead atoms. The normalized spacial score (nSPS) is 18.5. The minimum atomic E-state index is -0.202. The fourth-order valence-corrected chi connectivity index (χ4v) is 3.34. The van der Waals surface area contributed by atoms with E-state index in [1.165, 1.54) is 31.7 Å². The van der Waals surface area contributed by atoms with Gasteiger partial charge in [-0.3, -0.25) is 0 Å². The first-order chi connectivity index (χ1) is 8.16. The third-order valence-electron chi connectivity index (χ3n) is 3.60. The summed E-state index contributed by atoms with van der Waals surface area (Å²) < 4.78 is 13.6. The van der Waals surface area contributed by atoms with E-state index in [0.717, 1.165) is 18.4 Å². The molecule has 0 radical (unpaired) electrons. The lowest BCUT2D eigenvalue weighted by atomic mass is 9.98. The molecule has 17 heavy (non-hydrogen) atoms. The highest BCUT2D eigenvalue weighted by molar-refractivity contribution is 9.10. The molecule has 0 saturated heterocycles. The molecule has 1 aromatic rings. The van der Waals surface area contributed by atoms with E-state index in [-0.39, 0.29) is 11.2 Å². The number of hydrogen-bond donors (Lipinski definition) is 0. The summed E-state index contributed by atoms with van der Waals surface area (Å²) in [6, 6.07) is 5.21. The Hall–Kier alpha value is -0.0800. The molecule has 1 fully saturated rings. The smallest absolute Gasteiger partial charge is 0.137 e. The highest BCUT2D eigenvalue weighted by atomic mass is 79.9. The van der Waals surface area contributed by atoms with Gasteiger partial charge in [-0.05, 0) is 65.2 Å². The molecule has 0 spiro atoms. The van der Waals surface area contributed by atoms with E-state index in [1.807, 2.05) is 12.1 Å². The van der Waals surface area contributed by atoms with Crippen molar-refractivity contribution in [3.63, 3.8) is 0 Å². The van der Waals surface area contributed by atoms with Crippen LogP contribution in [0, 0.1) is 11.7 Å². The summed E-state index contributed by atoms with van der Waals surface area (Å²) in [7, 11) is 0. The van der Waals surface area contributed by atoms with Crippen LogP contribution in [0.15, 0.2) is 22.7 Å². The molecule has 1 aliphatic carbocycles. The van der Waals surface area contributed by atoms with Crippen LogP contribution in [0.5, 0.6) is 0 Å². The van der Waals surface area contributed by atoms with Crippen molar-refractivity contribution in [2.75, 3.05) is 0 Å². The Morgan fingerprint density at radius 1 is 1.35 bits per heavy atom. The summed E-state index contributed by atoms with van der Waals surface area (Å²) in [6.07, 6.45) is 7.14. The summed E-state index contributed by atoms with van der Waals surface area (Å²) in [5, 5.41) is 0.279. The van der Waals surface area contributed by atoms with Crippen molar-refractivity contribution in [2.45, 2.75) is 43.9 Å². The third kappa shape index (κ3) is 3.69. The van der Waals surface area contributed by atoms with E-state index in [4.69, 9.17) is 11.6 Å². The van der Waals surface area contributed by atoms with Crippen molar-refractivity contribution < 1.29 is 4.39 Å². The Labute approximate surface area is 116 Å². The fourth-order valence-electron chi connectivity index (χ4n) is 2.55. The predicted octanol–water partition coefficient (Wildman–Crippen LogP) is 5.32. The Morgan fingerprint density at radius 2 is 2.06 bits per heavy atom. The summed E-state index contributed by atoms with van der Waals surface area (Å²) >= 11 is 9.63. The maximum absolute atomic E-state index is 13.1. The van der Waals surface area contributed by atoms with Crippen LogP contribution in [0.1, 0.15) is 37.7 Å². The molecule has 0 aliphatic heterocycles. The van der Waals surface area contributed by atoms with Crippen LogP contribution in [0.2, 0.25) is 0 Å². The minimum Gasteiger partial charge on any atom is -0.206 e. The highest BCUT2D eigenvalue weighted by Gasteiger charge is 2.22. The zero-order valence-corrected chi connectivity index (χ0v) is 12.1. The molecule has 0 heterocycles. The standard InChI is InChI=1S/C14H17BrClF/c15-12-9-10(6-8-14(12)17)5-7-13(16)11-3-1-2-4-11/h6,8-9,11,13H,1-5,7H2. The van der Waals surface area contributed by atoms with E-state index >= 15 is 0 Å². The van der Waals surface area contributed by atoms with Crippen molar-refractivity contribution in [3.8, 4) is 0 Å². The second kappa shape index (κ2) is 6.19. The van der Waals surface area contributed by atoms with E-state index in [2.05, 4.69) is 15.9 Å². The Bertz CT molecular complexity index is 374. The SMILES string of the molecule is Fc1ccc(CCC(Cl)C2CCCC2)cc1Br. The topological polar surface area (TPSA) is 0 Å². The summed E-state index contributed by atoms with van der Waals surface area (Å²) in [5.74, 6) is 0.493. The van der Waals surface area contributed by atoms with E-state index in [0.29, 0.717) is 10.4 Å². The molecule has 0 N–H and O–H groups in total. The molecule has 94 valence electrons. The summed E-state index contributed by atoms with van der Waals surface area (Å²) in [4.78, 5) is 0. The van der Waals surface area contributed by atoms with Crippen molar-refractivity contribution in [3.05, 3.63) is 34.1 Å². The molecule has 1 unspecified atom stereocenters. The molecule has 0 amide bonds. The van der Waals surface area contributed by atoms with Crippen molar-refractivity contribution in [1.29, 1.82) is 0 Å². The molecule has 1 aliphatic rings. The maximum atomic E-state index is 13.1. The molecular weight excluding hydrogens is 303 g/mol. The van der Waals surface area contributed by atoms with Gasteiger partial charge in [-0.25, -0.2) is 4.39 Å². The molecule has 1 saturated carbocycles. The van der Waals surface area contributed by atoms with Crippen LogP contribution in [0.25, 0.3) is 0 Å². The second-order valence-corrected chi connectivity index (χ2v) is 6.26. The highest BCUT2D eigenvalue weighted by Crippen LogP contribution is 2.32. The average molecular weight is 320 g/mol. The van der Waals surface area contributed by atoms with Gasteiger partial charge < -0.3 is 0 Å². The van der Waals surface area contributed by atoms with Gasteiger partial charge in [0.15, 0.2) is 0 Å². The Morgan fingerprint density at radius 3 is 2.71 bits per heavy atom. The molecular formula is C14H17BrClF. The van der Waals surface area contributed by atoms with Gasteiger partial charge in [-0.15, -0.1) is 11.6 Å². The first kappa shape index (κ1) is 13.4. The third-order valence-corrected chi connectivity index (χ3v) is 4.79. The van der Waals surface area contributed by atoms with Gasteiger partial charge in [0, 0.05) is 5.38 Å². The van der Waals surface area contributed by atoms with Gasteiger partial charge in [-0.1, -0.05) is 18.9 Å². The Kier molecular flexibility index (Phi) is 4.87. The first-order valence-corrected chi connectivity index (χ1v) is 7.48. The van der Waals surface area contributed by atoms with Gasteiger partial charge in [0.05, 0.1) is 4.47 Å². The maximum Gasteiger partial charge on any atom is 0.137 e. The lowest BCUT2D eigenvalue weighted by Crippen LogP contribution is -2.12. The monoisotopic (exact) mass is 318 g/mol. The number of benzene rings is 1. The van der Waals surface area contributed by atoms with Crippen molar-refractivity contribution >= 4 is 27.5 Å². The average Bonchev–Trinajstić information content (AvgIpc) is 2.84. The van der Waals surface area contributed by atoms with E-state index < -0.39 is 0 Å². The quantitative estimate of drug-likeness (QED) is 0.659. The lowest BCUT2D eigenvalue weighted by Gasteiger charge is -2.16. The number of hydrogen-bond acceptors (Lipinski definition) is 0. The van der Waals surface area contributed by atoms with Gasteiger partial charge in [-0.2, -0.15) is 0 Å². The summed E-state index contributed by atoms with van der Waals surface area (Å²) in [5.41, 5.74) is 1.15. The van der Waals surface area contributed by atoms with Crippen molar-refractivity contribution in [2.24, 2.45) is 5.92 Å². The van der Waals surface area contributed by atoms with Crippen LogP contribution >= 0.6 is 27.5 Å². The lowest BCUT2D eigenvalue weighted by molar-refractivity contribution is 0.492. The van der Waals surface area contributed by atoms with Gasteiger partial charge in [0.25, 0.3) is 0 Å². The first-order valence-electron chi connectivity index (χ1n) is 6.25. The zero-order chi connectivity index (χ0) is 12.3. The van der Waals surface area contributed by atoms with Crippen LogP contribution in [0.3, 0.4) is 0 Å². The largest absolute Gasteiger partial charge is 0.206 e. The predicted molar refractivity (Wildman–Crippen MR) is 74.0 cm³/mol. The van der Waals surface area contributed by atoms with Crippen LogP contribution < -0.4 is 0 Å². The minimum absolute atomic E-state index is 0.202. The number of rotatable bonds is 4. The van der Waals surface area contributed by atoms with E-state index in [9.17, 15) is 4.39 Å². The number of alkyl halides is 1. The van der Waals surface area contributed by atoms with Crippen molar-refractivity contribution in [1.82, 2.24) is 0 Å². The van der Waals surface area contributed by atoms with Gasteiger partial charge >= 0.3 is 0 Å². The molecule has 0 aromatic heterocycles. The van der Waals surface area contributed by atoms with Crippen LogP contribution in [-0.2, 0) is 6.42 Å². The number of halogens is 3. The van der Waals surface area contributed by atoms with E-state index in [1.54, 1.807) is 0 Å². The zero-order valence-electron chi connectivity index (χ0n) is 9.76. The van der Waals surface area contributed by atoms with Gasteiger partial charge in [0.1, 0.15) is 5.82 Å². The Balaban J connectivity index is 1.86. The number of aryl methyl sites for hydroxylation is 1.